The Morgan fingerprint density at radius 2 is 1.70 bits per heavy atom. The molecule has 3 rings (SSSR count). The molecule has 0 aliphatic rings. The molecule has 0 spiro atoms. The van der Waals surface area contributed by atoms with Crippen molar-refractivity contribution < 1.29 is 0 Å². The summed E-state index contributed by atoms with van der Waals surface area (Å²) in [5, 5.41) is 2.43. The third-order valence-electron chi connectivity index (χ3n) is 3.68. The zero-order valence-electron chi connectivity index (χ0n) is 11.6. The van der Waals surface area contributed by atoms with E-state index < -0.39 is 0 Å². The molecular weight excluding hydrogens is 244 g/mol. The van der Waals surface area contributed by atoms with Gasteiger partial charge in [0.25, 0.3) is 0 Å². The van der Waals surface area contributed by atoms with Crippen LogP contribution in [-0.2, 0) is 6.54 Å². The van der Waals surface area contributed by atoms with Crippen molar-refractivity contribution in [2.24, 2.45) is 5.73 Å². The van der Waals surface area contributed by atoms with Crippen LogP contribution in [0.2, 0.25) is 0 Å². The van der Waals surface area contributed by atoms with Crippen LogP contribution >= 0.6 is 0 Å². The maximum atomic E-state index is 5.94. The maximum Gasteiger partial charge on any atom is 0.0323 e. The summed E-state index contributed by atoms with van der Waals surface area (Å²) in [6, 6.07) is 18.9. The first-order valence-electron chi connectivity index (χ1n) is 6.76. The molecule has 0 heterocycles. The Morgan fingerprint density at radius 1 is 0.900 bits per heavy atom. The zero-order chi connectivity index (χ0) is 14.1. The van der Waals surface area contributed by atoms with Gasteiger partial charge in [-0.05, 0) is 64.2 Å². The van der Waals surface area contributed by atoms with Crippen LogP contribution in [0.1, 0.15) is 11.1 Å². The van der Waals surface area contributed by atoms with Gasteiger partial charge in [0.15, 0.2) is 0 Å². The number of aryl methyl sites for hydroxylation is 1. The first-order chi connectivity index (χ1) is 9.67. The zero-order valence-corrected chi connectivity index (χ0v) is 11.6. The Kier molecular flexibility index (Phi) is 3.17. The third-order valence-corrected chi connectivity index (χ3v) is 3.68. The molecule has 0 aromatic heterocycles. The fourth-order valence-electron chi connectivity index (χ4n) is 2.65. The molecule has 0 saturated heterocycles. The van der Waals surface area contributed by atoms with Gasteiger partial charge in [-0.3, -0.25) is 0 Å². The minimum absolute atomic E-state index is 0.563. The summed E-state index contributed by atoms with van der Waals surface area (Å²) < 4.78 is 0. The topological polar surface area (TPSA) is 52.0 Å². The maximum absolute atomic E-state index is 5.94. The summed E-state index contributed by atoms with van der Waals surface area (Å²) in [6.07, 6.45) is 0. The summed E-state index contributed by atoms with van der Waals surface area (Å²) >= 11 is 0. The van der Waals surface area contributed by atoms with E-state index in [1.54, 1.807) is 0 Å². The van der Waals surface area contributed by atoms with Crippen molar-refractivity contribution in [3.63, 3.8) is 0 Å². The predicted octanol–water partition coefficient (Wildman–Crippen LogP) is 3.86. The predicted molar refractivity (Wildman–Crippen MR) is 86.4 cm³/mol. The second-order valence-corrected chi connectivity index (χ2v) is 5.18. The lowest BCUT2D eigenvalue weighted by atomic mass is 9.97. The number of nitrogens with two attached hydrogens (primary N) is 2. The standard InChI is InChI=1S/C18H18N2/c1-12-7-17(20)10-16-9-15(5-6-18(12)16)14-4-2-3-13(8-14)11-19/h2-10H,11,19-20H2,1H3. The third kappa shape index (κ3) is 2.26. The number of fused-ring (bicyclic) bond motifs is 1. The van der Waals surface area contributed by atoms with Gasteiger partial charge in [0, 0.05) is 12.2 Å². The fraction of sp³-hybridized carbons (Fsp3) is 0.111. The highest BCUT2D eigenvalue weighted by atomic mass is 14.5. The molecule has 0 aliphatic carbocycles. The van der Waals surface area contributed by atoms with Crippen molar-refractivity contribution in [3.05, 3.63) is 65.7 Å². The van der Waals surface area contributed by atoms with Gasteiger partial charge in [0.1, 0.15) is 0 Å². The highest BCUT2D eigenvalue weighted by Crippen LogP contribution is 2.28. The smallest absolute Gasteiger partial charge is 0.0323 e. The van der Waals surface area contributed by atoms with Crippen LogP contribution in [-0.4, -0.2) is 0 Å². The van der Waals surface area contributed by atoms with Crippen LogP contribution in [0.25, 0.3) is 21.9 Å². The lowest BCUT2D eigenvalue weighted by Gasteiger charge is -2.08. The molecule has 2 nitrogen and oxygen atoms in total. The summed E-state index contributed by atoms with van der Waals surface area (Å²) in [5.41, 5.74) is 17.2. The summed E-state index contributed by atoms with van der Waals surface area (Å²) in [6.45, 7) is 2.65. The number of rotatable bonds is 2. The van der Waals surface area contributed by atoms with Crippen LogP contribution in [0.4, 0.5) is 5.69 Å². The largest absolute Gasteiger partial charge is 0.399 e. The monoisotopic (exact) mass is 262 g/mol. The van der Waals surface area contributed by atoms with Gasteiger partial charge in [-0.15, -0.1) is 0 Å². The van der Waals surface area contributed by atoms with E-state index in [9.17, 15) is 0 Å². The van der Waals surface area contributed by atoms with Crippen molar-refractivity contribution in [1.82, 2.24) is 0 Å². The number of nitrogen functional groups attached to an aromatic ring is 1. The highest BCUT2D eigenvalue weighted by molar-refractivity contribution is 5.92. The summed E-state index contributed by atoms with van der Waals surface area (Å²) in [4.78, 5) is 0. The van der Waals surface area contributed by atoms with Gasteiger partial charge in [0.05, 0.1) is 0 Å². The Bertz CT molecular complexity index is 775. The van der Waals surface area contributed by atoms with Gasteiger partial charge in [-0.1, -0.05) is 30.3 Å². The Hall–Kier alpha value is -2.32. The van der Waals surface area contributed by atoms with Crippen LogP contribution < -0.4 is 11.5 Å². The van der Waals surface area contributed by atoms with E-state index >= 15 is 0 Å². The quantitative estimate of drug-likeness (QED) is 0.689. The summed E-state index contributed by atoms with van der Waals surface area (Å²) in [7, 11) is 0. The molecule has 0 aliphatic heterocycles. The van der Waals surface area contributed by atoms with Gasteiger partial charge in [-0.2, -0.15) is 0 Å². The molecule has 0 atom stereocenters. The average Bonchev–Trinajstić information content (AvgIpc) is 2.46. The average molecular weight is 262 g/mol. The van der Waals surface area contributed by atoms with Crippen molar-refractivity contribution in [1.29, 1.82) is 0 Å². The molecule has 0 radical (unpaired) electrons. The molecule has 0 amide bonds. The minimum atomic E-state index is 0.563. The van der Waals surface area contributed by atoms with Crippen molar-refractivity contribution in [2.75, 3.05) is 5.73 Å². The highest BCUT2D eigenvalue weighted by Gasteiger charge is 2.03. The lowest BCUT2D eigenvalue weighted by Crippen LogP contribution is -1.95. The second-order valence-electron chi connectivity index (χ2n) is 5.18. The van der Waals surface area contributed by atoms with Crippen molar-refractivity contribution in [3.8, 4) is 11.1 Å². The molecule has 2 heteroatoms. The van der Waals surface area contributed by atoms with Crippen LogP contribution in [0.15, 0.2) is 54.6 Å². The summed E-state index contributed by atoms with van der Waals surface area (Å²) in [5.74, 6) is 0. The van der Waals surface area contributed by atoms with Crippen LogP contribution in [0.5, 0.6) is 0 Å². The SMILES string of the molecule is Cc1cc(N)cc2cc(-c3cccc(CN)c3)ccc12. The molecule has 0 saturated carbocycles. The van der Waals surface area contributed by atoms with E-state index in [4.69, 9.17) is 11.5 Å². The molecule has 0 unspecified atom stereocenters. The molecule has 3 aromatic rings. The number of anilines is 1. The van der Waals surface area contributed by atoms with Gasteiger partial charge in [-0.25, -0.2) is 0 Å². The van der Waals surface area contributed by atoms with E-state index in [1.165, 1.54) is 27.5 Å². The Labute approximate surface area is 119 Å². The number of hydrogen-bond donors (Lipinski definition) is 2. The van der Waals surface area contributed by atoms with E-state index in [1.807, 2.05) is 24.3 Å². The van der Waals surface area contributed by atoms with Gasteiger partial charge >= 0.3 is 0 Å². The van der Waals surface area contributed by atoms with E-state index in [0.717, 1.165) is 11.3 Å². The Morgan fingerprint density at radius 3 is 2.50 bits per heavy atom. The van der Waals surface area contributed by atoms with Gasteiger partial charge < -0.3 is 11.5 Å². The second kappa shape index (κ2) is 4.99. The molecule has 20 heavy (non-hydrogen) atoms. The molecule has 100 valence electrons. The fourth-order valence-corrected chi connectivity index (χ4v) is 2.65. The van der Waals surface area contributed by atoms with E-state index in [2.05, 4.69) is 37.3 Å². The van der Waals surface area contributed by atoms with E-state index in [-0.39, 0.29) is 0 Å². The molecule has 0 fully saturated rings. The van der Waals surface area contributed by atoms with Crippen LogP contribution in [0, 0.1) is 6.92 Å². The first kappa shape index (κ1) is 12.7. The van der Waals surface area contributed by atoms with E-state index in [0.29, 0.717) is 6.54 Å². The van der Waals surface area contributed by atoms with Gasteiger partial charge in [0.2, 0.25) is 0 Å². The Balaban J connectivity index is 2.17. The molecular formula is C18H18N2. The van der Waals surface area contributed by atoms with Crippen molar-refractivity contribution >= 4 is 16.5 Å². The van der Waals surface area contributed by atoms with Crippen molar-refractivity contribution in [2.45, 2.75) is 13.5 Å². The normalized spacial score (nSPS) is 10.9. The van der Waals surface area contributed by atoms with Crippen LogP contribution in [0.3, 0.4) is 0 Å². The molecule has 3 aromatic carbocycles. The molecule has 4 N–H and O–H groups in total. The number of hydrogen-bond acceptors (Lipinski definition) is 2. The lowest BCUT2D eigenvalue weighted by molar-refractivity contribution is 1.07. The first-order valence-corrected chi connectivity index (χ1v) is 6.76. The minimum Gasteiger partial charge on any atom is -0.399 e. The molecule has 0 bridgehead atoms. The number of benzene rings is 3.